The van der Waals surface area contributed by atoms with Crippen LogP contribution in [0, 0.1) is 0 Å². The number of amides is 2. The molecule has 0 aliphatic carbocycles. The number of hydrogen-bond donors (Lipinski definition) is 1. The van der Waals surface area contributed by atoms with Crippen LogP contribution in [0.4, 0.5) is 13.2 Å². The topological polar surface area (TPSA) is 49.4 Å². The molecule has 1 aliphatic heterocycles. The normalized spacial score (nSPS) is 18.3. The van der Waals surface area contributed by atoms with Crippen molar-refractivity contribution >= 4 is 11.8 Å². The van der Waals surface area contributed by atoms with E-state index in [4.69, 9.17) is 0 Å². The van der Waals surface area contributed by atoms with E-state index in [1.165, 1.54) is 0 Å². The van der Waals surface area contributed by atoms with E-state index in [-0.39, 0.29) is 12.3 Å². The molecule has 1 aromatic rings. The number of nitrogens with one attached hydrogen (secondary N) is 1. The van der Waals surface area contributed by atoms with Gasteiger partial charge in [0.2, 0.25) is 11.8 Å². The van der Waals surface area contributed by atoms with E-state index in [0.29, 0.717) is 19.5 Å². The predicted molar refractivity (Wildman–Crippen MR) is 78.6 cm³/mol. The summed E-state index contributed by atoms with van der Waals surface area (Å²) < 4.78 is 36.2. The van der Waals surface area contributed by atoms with Crippen molar-refractivity contribution < 1.29 is 22.8 Å². The molecule has 0 spiro atoms. The van der Waals surface area contributed by atoms with Crippen molar-refractivity contribution in [2.24, 2.45) is 0 Å². The summed E-state index contributed by atoms with van der Waals surface area (Å²) in [4.78, 5) is 25.0. The molecule has 0 radical (unpaired) electrons. The standard InChI is InChI=1S/C16H19F3N2O2/c17-16(18,19)8-6-14(22)20-13-10-15(23)21(11-13)9-7-12-4-2-1-3-5-12/h1-5,13H,6-11H2,(H,20,22)/t13-/m0/s1. The van der Waals surface area contributed by atoms with Gasteiger partial charge in [0.1, 0.15) is 0 Å². The number of alkyl halides is 3. The van der Waals surface area contributed by atoms with Gasteiger partial charge >= 0.3 is 6.18 Å². The molecule has 0 bridgehead atoms. The molecule has 0 aromatic heterocycles. The Morgan fingerprint density at radius 1 is 1.26 bits per heavy atom. The van der Waals surface area contributed by atoms with Gasteiger partial charge in [-0.05, 0) is 12.0 Å². The number of nitrogens with zero attached hydrogens (tertiary/aromatic N) is 1. The van der Waals surface area contributed by atoms with Gasteiger partial charge in [-0.2, -0.15) is 13.2 Å². The molecular formula is C16H19F3N2O2. The van der Waals surface area contributed by atoms with Crippen LogP contribution >= 0.6 is 0 Å². The number of carbonyl (C=O) groups excluding carboxylic acids is 2. The second-order valence-corrected chi connectivity index (χ2v) is 5.66. The van der Waals surface area contributed by atoms with E-state index >= 15 is 0 Å². The van der Waals surface area contributed by atoms with Crippen molar-refractivity contribution in [3.05, 3.63) is 35.9 Å². The molecule has 1 aliphatic rings. The molecular weight excluding hydrogens is 309 g/mol. The molecule has 2 rings (SSSR count). The summed E-state index contributed by atoms with van der Waals surface area (Å²) in [7, 11) is 0. The van der Waals surface area contributed by atoms with E-state index in [9.17, 15) is 22.8 Å². The van der Waals surface area contributed by atoms with Gasteiger partial charge in [0.15, 0.2) is 0 Å². The first kappa shape index (κ1) is 17.3. The van der Waals surface area contributed by atoms with E-state index in [0.717, 1.165) is 5.56 Å². The van der Waals surface area contributed by atoms with Crippen molar-refractivity contribution in [1.29, 1.82) is 0 Å². The molecule has 1 atom stereocenters. The quantitative estimate of drug-likeness (QED) is 0.871. The Labute approximate surface area is 132 Å². The van der Waals surface area contributed by atoms with E-state index in [1.807, 2.05) is 30.3 Å². The minimum absolute atomic E-state index is 0.0814. The number of benzene rings is 1. The van der Waals surface area contributed by atoms with Crippen LogP contribution < -0.4 is 5.32 Å². The van der Waals surface area contributed by atoms with Gasteiger partial charge in [-0.1, -0.05) is 30.3 Å². The lowest BCUT2D eigenvalue weighted by Gasteiger charge is -2.17. The van der Waals surface area contributed by atoms with Crippen molar-refractivity contribution in [1.82, 2.24) is 10.2 Å². The zero-order chi connectivity index (χ0) is 16.9. The highest BCUT2D eigenvalue weighted by molar-refractivity contribution is 5.82. The fourth-order valence-corrected chi connectivity index (χ4v) is 2.55. The third kappa shape index (κ3) is 5.92. The summed E-state index contributed by atoms with van der Waals surface area (Å²) in [6.07, 6.45) is -5.23. The zero-order valence-electron chi connectivity index (χ0n) is 12.6. The maximum absolute atomic E-state index is 12.1. The number of rotatable bonds is 6. The third-order valence-electron chi connectivity index (χ3n) is 3.73. The fourth-order valence-electron chi connectivity index (χ4n) is 2.55. The molecule has 1 aromatic carbocycles. The maximum Gasteiger partial charge on any atom is 0.389 e. The highest BCUT2D eigenvalue weighted by Crippen LogP contribution is 2.21. The molecule has 1 N–H and O–H groups in total. The molecule has 4 nitrogen and oxygen atoms in total. The van der Waals surface area contributed by atoms with Crippen LogP contribution in [0.15, 0.2) is 30.3 Å². The highest BCUT2D eigenvalue weighted by Gasteiger charge is 2.32. The van der Waals surface area contributed by atoms with Crippen molar-refractivity contribution in [3.63, 3.8) is 0 Å². The summed E-state index contributed by atoms with van der Waals surface area (Å²) in [6.45, 7) is 0.890. The van der Waals surface area contributed by atoms with E-state index < -0.39 is 31.0 Å². The Bertz CT molecular complexity index is 546. The Kier molecular flexibility index (Phi) is 5.63. The highest BCUT2D eigenvalue weighted by atomic mass is 19.4. The summed E-state index contributed by atoms with van der Waals surface area (Å²) in [5.74, 6) is -0.743. The first-order chi connectivity index (χ1) is 10.8. The first-order valence-electron chi connectivity index (χ1n) is 7.51. The molecule has 7 heteroatoms. The summed E-state index contributed by atoms with van der Waals surface area (Å²) in [5, 5.41) is 2.51. The summed E-state index contributed by atoms with van der Waals surface area (Å²) in [6, 6.07) is 9.29. The van der Waals surface area contributed by atoms with Crippen molar-refractivity contribution in [3.8, 4) is 0 Å². The minimum atomic E-state index is -4.34. The van der Waals surface area contributed by atoms with Gasteiger partial charge in [-0.25, -0.2) is 0 Å². The van der Waals surface area contributed by atoms with Crippen LogP contribution in [0.2, 0.25) is 0 Å². The van der Waals surface area contributed by atoms with Gasteiger partial charge < -0.3 is 10.2 Å². The van der Waals surface area contributed by atoms with E-state index in [1.54, 1.807) is 4.90 Å². The van der Waals surface area contributed by atoms with Crippen LogP contribution in [0.25, 0.3) is 0 Å². The molecule has 0 unspecified atom stereocenters. The number of hydrogen-bond acceptors (Lipinski definition) is 2. The van der Waals surface area contributed by atoms with Crippen LogP contribution in [0.1, 0.15) is 24.8 Å². The van der Waals surface area contributed by atoms with Crippen LogP contribution in [-0.4, -0.2) is 42.0 Å². The molecule has 0 saturated carbocycles. The Hall–Kier alpha value is -2.05. The molecule has 1 saturated heterocycles. The lowest BCUT2D eigenvalue weighted by molar-refractivity contribution is -0.144. The van der Waals surface area contributed by atoms with Crippen LogP contribution in [0.5, 0.6) is 0 Å². The maximum atomic E-state index is 12.1. The Morgan fingerprint density at radius 3 is 2.61 bits per heavy atom. The molecule has 1 fully saturated rings. The predicted octanol–water partition coefficient (Wildman–Crippen LogP) is 2.29. The molecule has 126 valence electrons. The number of likely N-dealkylation sites (tertiary alicyclic amines) is 1. The average Bonchev–Trinajstić information content (AvgIpc) is 2.83. The molecule has 23 heavy (non-hydrogen) atoms. The second kappa shape index (κ2) is 7.48. The smallest absolute Gasteiger partial charge is 0.351 e. The SMILES string of the molecule is O=C(CCC(F)(F)F)N[C@H]1CC(=O)N(CCc2ccccc2)C1. The largest absolute Gasteiger partial charge is 0.389 e. The Morgan fingerprint density at radius 2 is 1.96 bits per heavy atom. The molecule has 2 amide bonds. The summed E-state index contributed by atoms with van der Waals surface area (Å²) in [5.41, 5.74) is 1.11. The first-order valence-corrected chi connectivity index (χ1v) is 7.51. The monoisotopic (exact) mass is 328 g/mol. The number of halogens is 3. The van der Waals surface area contributed by atoms with Crippen LogP contribution in [0.3, 0.4) is 0 Å². The fraction of sp³-hybridized carbons (Fsp3) is 0.500. The second-order valence-electron chi connectivity index (χ2n) is 5.66. The molecule has 1 heterocycles. The lowest BCUT2D eigenvalue weighted by atomic mass is 10.1. The van der Waals surface area contributed by atoms with Crippen LogP contribution in [-0.2, 0) is 16.0 Å². The van der Waals surface area contributed by atoms with Gasteiger partial charge in [0, 0.05) is 25.9 Å². The minimum Gasteiger partial charge on any atom is -0.351 e. The summed E-state index contributed by atoms with van der Waals surface area (Å²) >= 11 is 0. The van der Waals surface area contributed by atoms with Gasteiger partial charge in [0.05, 0.1) is 12.5 Å². The Balaban J connectivity index is 1.75. The van der Waals surface area contributed by atoms with Gasteiger partial charge in [-0.3, -0.25) is 9.59 Å². The van der Waals surface area contributed by atoms with Crippen molar-refractivity contribution in [2.75, 3.05) is 13.1 Å². The average molecular weight is 328 g/mol. The zero-order valence-corrected chi connectivity index (χ0v) is 12.6. The third-order valence-corrected chi connectivity index (χ3v) is 3.73. The van der Waals surface area contributed by atoms with Gasteiger partial charge in [0.25, 0.3) is 0 Å². The lowest BCUT2D eigenvalue weighted by Crippen LogP contribution is -2.37. The van der Waals surface area contributed by atoms with Crippen molar-refractivity contribution in [2.45, 2.75) is 37.9 Å². The van der Waals surface area contributed by atoms with Gasteiger partial charge in [-0.15, -0.1) is 0 Å². The van der Waals surface area contributed by atoms with E-state index in [2.05, 4.69) is 5.32 Å². The number of carbonyl (C=O) groups is 2.